The summed E-state index contributed by atoms with van der Waals surface area (Å²) in [6.07, 6.45) is 5.76. The molecular formula is C14H18Cl2N4O2. The number of rotatable bonds is 4. The Morgan fingerprint density at radius 3 is 2.82 bits per heavy atom. The molecule has 22 heavy (non-hydrogen) atoms. The minimum atomic E-state index is -0.923. The molecule has 120 valence electrons. The SMILES string of the molecule is Cl.Cl.NCCCn1nc2c(c1C(=O)O)CCc1cnccc1-2. The molecule has 0 fully saturated rings. The number of halogens is 2. The van der Waals surface area contributed by atoms with Crippen molar-refractivity contribution in [3.63, 3.8) is 0 Å². The van der Waals surface area contributed by atoms with Crippen molar-refractivity contribution in [2.75, 3.05) is 6.54 Å². The van der Waals surface area contributed by atoms with Crippen LogP contribution in [0, 0.1) is 0 Å². The third-order valence-corrected chi connectivity index (χ3v) is 3.63. The van der Waals surface area contributed by atoms with E-state index in [2.05, 4.69) is 10.1 Å². The second kappa shape index (κ2) is 7.58. The Labute approximate surface area is 140 Å². The highest BCUT2D eigenvalue weighted by molar-refractivity contribution is 5.90. The van der Waals surface area contributed by atoms with Crippen molar-refractivity contribution in [2.45, 2.75) is 25.8 Å². The molecular weight excluding hydrogens is 327 g/mol. The number of fused-ring (bicyclic) bond motifs is 3. The molecule has 1 aliphatic carbocycles. The lowest BCUT2D eigenvalue weighted by molar-refractivity contribution is 0.0681. The zero-order valence-corrected chi connectivity index (χ0v) is 13.5. The fourth-order valence-corrected chi connectivity index (χ4v) is 2.71. The second-order valence-corrected chi connectivity index (χ2v) is 4.88. The van der Waals surface area contributed by atoms with Gasteiger partial charge in [-0.2, -0.15) is 5.10 Å². The summed E-state index contributed by atoms with van der Waals surface area (Å²) in [5, 5.41) is 14.0. The molecule has 2 heterocycles. The monoisotopic (exact) mass is 344 g/mol. The number of carboxylic acid groups (broad SMARTS) is 1. The highest BCUT2D eigenvalue weighted by Gasteiger charge is 2.27. The number of hydrogen-bond acceptors (Lipinski definition) is 4. The molecule has 0 saturated heterocycles. The Hall–Kier alpha value is -1.63. The maximum atomic E-state index is 11.5. The Morgan fingerprint density at radius 2 is 2.14 bits per heavy atom. The molecule has 0 aliphatic heterocycles. The van der Waals surface area contributed by atoms with Gasteiger partial charge in [-0.15, -0.1) is 24.8 Å². The third kappa shape index (κ3) is 3.09. The van der Waals surface area contributed by atoms with Crippen LogP contribution in [0.2, 0.25) is 0 Å². The van der Waals surface area contributed by atoms with Gasteiger partial charge in [0.05, 0.1) is 5.69 Å². The van der Waals surface area contributed by atoms with E-state index in [0.717, 1.165) is 28.8 Å². The van der Waals surface area contributed by atoms with E-state index in [9.17, 15) is 9.90 Å². The second-order valence-electron chi connectivity index (χ2n) is 4.88. The van der Waals surface area contributed by atoms with Crippen LogP contribution in [0.4, 0.5) is 0 Å². The third-order valence-electron chi connectivity index (χ3n) is 3.63. The van der Waals surface area contributed by atoms with Gasteiger partial charge in [-0.25, -0.2) is 4.79 Å². The van der Waals surface area contributed by atoms with Crippen LogP contribution in [0.5, 0.6) is 0 Å². The van der Waals surface area contributed by atoms with Gasteiger partial charge in [0.1, 0.15) is 5.69 Å². The number of aryl methyl sites for hydroxylation is 2. The standard InChI is InChI=1S/C14H16N4O2.2ClH/c15-5-1-7-18-13(14(19)20)11-3-2-9-8-16-6-4-10(9)12(11)17-18;;/h4,6,8H,1-3,5,7,15H2,(H,19,20);2*1H. The van der Waals surface area contributed by atoms with E-state index in [0.29, 0.717) is 31.6 Å². The highest BCUT2D eigenvalue weighted by atomic mass is 35.5. The summed E-state index contributed by atoms with van der Waals surface area (Å²) >= 11 is 0. The fourth-order valence-electron chi connectivity index (χ4n) is 2.71. The molecule has 3 rings (SSSR count). The van der Waals surface area contributed by atoms with Gasteiger partial charge in [-0.1, -0.05) is 0 Å². The largest absolute Gasteiger partial charge is 0.477 e. The average Bonchev–Trinajstić information content (AvgIpc) is 2.84. The Kier molecular flexibility index (Phi) is 6.34. The number of hydrogen-bond donors (Lipinski definition) is 2. The van der Waals surface area contributed by atoms with Gasteiger partial charge in [-0.3, -0.25) is 9.67 Å². The molecule has 0 aromatic carbocycles. The summed E-state index contributed by atoms with van der Waals surface area (Å²) in [4.78, 5) is 15.6. The number of aromatic nitrogens is 3. The predicted molar refractivity (Wildman–Crippen MR) is 88.0 cm³/mol. The summed E-state index contributed by atoms with van der Waals surface area (Å²) < 4.78 is 1.58. The minimum Gasteiger partial charge on any atom is -0.477 e. The van der Waals surface area contributed by atoms with E-state index in [4.69, 9.17) is 5.73 Å². The summed E-state index contributed by atoms with van der Waals surface area (Å²) in [6, 6.07) is 1.90. The first-order chi connectivity index (χ1) is 9.72. The van der Waals surface area contributed by atoms with Crippen molar-refractivity contribution in [1.82, 2.24) is 14.8 Å². The molecule has 0 spiro atoms. The topological polar surface area (TPSA) is 94.0 Å². The lowest BCUT2D eigenvalue weighted by Gasteiger charge is -2.14. The predicted octanol–water partition coefficient (Wildman–Crippen LogP) is 1.93. The number of nitrogens with two attached hydrogens (primary N) is 1. The van der Waals surface area contributed by atoms with Crippen LogP contribution >= 0.6 is 24.8 Å². The van der Waals surface area contributed by atoms with Gasteiger partial charge >= 0.3 is 5.97 Å². The van der Waals surface area contributed by atoms with Crippen molar-refractivity contribution in [1.29, 1.82) is 0 Å². The molecule has 2 aromatic heterocycles. The lowest BCUT2D eigenvalue weighted by atomic mass is 9.90. The number of carbonyl (C=O) groups is 1. The summed E-state index contributed by atoms with van der Waals surface area (Å²) in [7, 11) is 0. The molecule has 0 radical (unpaired) electrons. The molecule has 0 atom stereocenters. The van der Waals surface area contributed by atoms with Gasteiger partial charge < -0.3 is 10.8 Å². The molecule has 6 nitrogen and oxygen atoms in total. The van der Waals surface area contributed by atoms with Crippen LogP contribution in [-0.2, 0) is 19.4 Å². The van der Waals surface area contributed by atoms with Crippen LogP contribution in [0.1, 0.15) is 28.0 Å². The Balaban J connectivity index is 0.00000121. The Morgan fingerprint density at radius 1 is 1.36 bits per heavy atom. The minimum absolute atomic E-state index is 0. The first-order valence-corrected chi connectivity index (χ1v) is 6.68. The smallest absolute Gasteiger partial charge is 0.354 e. The first-order valence-electron chi connectivity index (χ1n) is 6.68. The van der Waals surface area contributed by atoms with Crippen molar-refractivity contribution in [3.8, 4) is 11.3 Å². The van der Waals surface area contributed by atoms with E-state index in [1.807, 2.05) is 12.3 Å². The lowest BCUT2D eigenvalue weighted by Crippen LogP contribution is -2.14. The van der Waals surface area contributed by atoms with Crippen LogP contribution in [0.25, 0.3) is 11.3 Å². The van der Waals surface area contributed by atoms with E-state index in [-0.39, 0.29) is 24.8 Å². The summed E-state index contributed by atoms with van der Waals surface area (Å²) in [5.74, 6) is -0.923. The van der Waals surface area contributed by atoms with Gasteiger partial charge in [-0.05, 0) is 37.4 Å². The summed E-state index contributed by atoms with van der Waals surface area (Å²) in [6.45, 7) is 1.05. The van der Waals surface area contributed by atoms with Crippen molar-refractivity contribution >= 4 is 30.8 Å². The van der Waals surface area contributed by atoms with Crippen LogP contribution in [0.15, 0.2) is 18.5 Å². The van der Waals surface area contributed by atoms with Crippen molar-refractivity contribution < 1.29 is 9.90 Å². The zero-order chi connectivity index (χ0) is 14.1. The molecule has 0 saturated carbocycles. The van der Waals surface area contributed by atoms with Crippen LogP contribution < -0.4 is 5.73 Å². The maximum Gasteiger partial charge on any atom is 0.354 e. The first kappa shape index (κ1) is 18.4. The van der Waals surface area contributed by atoms with E-state index in [1.165, 1.54) is 0 Å². The number of pyridine rings is 1. The number of aromatic carboxylic acids is 1. The van der Waals surface area contributed by atoms with E-state index in [1.54, 1.807) is 10.9 Å². The molecule has 3 N–H and O–H groups in total. The molecule has 1 aliphatic rings. The fraction of sp³-hybridized carbons (Fsp3) is 0.357. The molecule has 0 bridgehead atoms. The number of nitrogens with zero attached hydrogens (tertiary/aromatic N) is 3. The van der Waals surface area contributed by atoms with Gasteiger partial charge in [0.25, 0.3) is 0 Å². The molecule has 0 amide bonds. The normalized spacial score (nSPS) is 11.7. The number of carboxylic acids is 1. The zero-order valence-electron chi connectivity index (χ0n) is 11.9. The maximum absolute atomic E-state index is 11.5. The van der Waals surface area contributed by atoms with E-state index < -0.39 is 5.97 Å². The molecule has 2 aromatic rings. The molecule has 8 heteroatoms. The van der Waals surface area contributed by atoms with Gasteiger partial charge in [0.15, 0.2) is 0 Å². The van der Waals surface area contributed by atoms with Crippen LogP contribution in [0.3, 0.4) is 0 Å². The van der Waals surface area contributed by atoms with Crippen molar-refractivity contribution in [2.24, 2.45) is 5.73 Å². The Bertz CT molecular complexity index is 673. The van der Waals surface area contributed by atoms with Crippen LogP contribution in [-0.4, -0.2) is 32.4 Å². The van der Waals surface area contributed by atoms with Gasteiger partial charge in [0, 0.05) is 30.1 Å². The van der Waals surface area contributed by atoms with E-state index >= 15 is 0 Å². The molecule has 0 unspecified atom stereocenters. The quantitative estimate of drug-likeness (QED) is 0.883. The van der Waals surface area contributed by atoms with Gasteiger partial charge in [0.2, 0.25) is 0 Å². The van der Waals surface area contributed by atoms with Crippen molar-refractivity contribution in [3.05, 3.63) is 35.3 Å². The summed E-state index contributed by atoms with van der Waals surface area (Å²) in [5.41, 5.74) is 9.53. The average molecular weight is 345 g/mol. The highest BCUT2D eigenvalue weighted by Crippen LogP contribution is 2.34.